The van der Waals surface area contributed by atoms with Gasteiger partial charge in [-0.1, -0.05) is 49.0 Å². The first kappa shape index (κ1) is 16.8. The highest BCUT2D eigenvalue weighted by Crippen LogP contribution is 2.30. The minimum Gasteiger partial charge on any atom is -0.490 e. The summed E-state index contributed by atoms with van der Waals surface area (Å²) in [5, 5.41) is 14.0. The average Bonchev–Trinajstić information content (AvgIpc) is 2.45. The molecule has 1 saturated carbocycles. The molecule has 3 nitrogen and oxygen atoms in total. The van der Waals surface area contributed by atoms with Gasteiger partial charge in [0, 0.05) is 22.6 Å². The number of benzene rings is 1. The molecule has 2 N–H and O–H groups in total. The van der Waals surface area contributed by atoms with Gasteiger partial charge in [-0.15, -0.1) is 0 Å². The Labute approximate surface area is 136 Å². The summed E-state index contributed by atoms with van der Waals surface area (Å²) < 4.78 is 7.00. The van der Waals surface area contributed by atoms with Gasteiger partial charge < -0.3 is 15.2 Å². The number of hydrogen-bond donors (Lipinski definition) is 2. The molecule has 118 valence electrons. The second-order valence-corrected chi connectivity index (χ2v) is 7.28. The summed E-state index contributed by atoms with van der Waals surface area (Å²) in [7, 11) is 0. The van der Waals surface area contributed by atoms with Crippen LogP contribution in [0.2, 0.25) is 0 Å². The summed E-state index contributed by atoms with van der Waals surface area (Å²) >= 11 is 3.51. The number of hydrogen-bond acceptors (Lipinski definition) is 3. The molecule has 1 aliphatic carbocycles. The van der Waals surface area contributed by atoms with Crippen LogP contribution in [0.3, 0.4) is 0 Å². The van der Waals surface area contributed by atoms with Gasteiger partial charge in [-0.3, -0.25) is 0 Å². The molecule has 0 radical (unpaired) electrons. The highest BCUT2D eigenvalue weighted by atomic mass is 79.9. The van der Waals surface area contributed by atoms with E-state index in [1.54, 1.807) is 0 Å². The predicted octanol–water partition coefficient (Wildman–Crippen LogP) is 4.02. The molecule has 2 rings (SSSR count). The predicted molar refractivity (Wildman–Crippen MR) is 89.6 cm³/mol. The second kappa shape index (κ2) is 7.61. The van der Waals surface area contributed by atoms with Gasteiger partial charge in [-0.05, 0) is 31.0 Å². The Hall–Kier alpha value is -0.580. The molecular formula is C17H26BrNO2. The summed E-state index contributed by atoms with van der Waals surface area (Å²) in [5.41, 5.74) is 0.478. The van der Waals surface area contributed by atoms with Crippen LogP contribution in [0.4, 0.5) is 0 Å². The van der Waals surface area contributed by atoms with Crippen molar-refractivity contribution in [1.82, 2.24) is 5.32 Å². The molecule has 21 heavy (non-hydrogen) atoms. The van der Waals surface area contributed by atoms with E-state index < -0.39 is 5.60 Å². The molecule has 0 saturated heterocycles. The molecule has 0 atom stereocenters. The summed E-state index contributed by atoms with van der Waals surface area (Å²) in [4.78, 5) is 0. The normalized spacial score (nSPS) is 18.0. The van der Waals surface area contributed by atoms with Crippen molar-refractivity contribution in [1.29, 1.82) is 0 Å². The fourth-order valence-electron chi connectivity index (χ4n) is 2.71. The first-order valence-electron chi connectivity index (χ1n) is 7.85. The molecular weight excluding hydrogens is 330 g/mol. The quantitative estimate of drug-likeness (QED) is 0.809. The minimum absolute atomic E-state index is 0.392. The zero-order valence-corrected chi connectivity index (χ0v) is 14.6. The van der Waals surface area contributed by atoms with Crippen molar-refractivity contribution in [2.75, 3.05) is 6.61 Å². The van der Waals surface area contributed by atoms with Gasteiger partial charge in [0.05, 0.1) is 5.60 Å². The zero-order valence-electron chi connectivity index (χ0n) is 13.0. The lowest BCUT2D eigenvalue weighted by Gasteiger charge is -2.32. The molecule has 1 aliphatic rings. The van der Waals surface area contributed by atoms with E-state index in [4.69, 9.17) is 4.74 Å². The van der Waals surface area contributed by atoms with Crippen molar-refractivity contribution in [3.8, 4) is 5.75 Å². The van der Waals surface area contributed by atoms with Gasteiger partial charge in [0.1, 0.15) is 12.4 Å². The van der Waals surface area contributed by atoms with E-state index in [1.165, 1.54) is 6.42 Å². The van der Waals surface area contributed by atoms with Gasteiger partial charge in [0.25, 0.3) is 0 Å². The first-order valence-corrected chi connectivity index (χ1v) is 8.65. The van der Waals surface area contributed by atoms with E-state index in [0.29, 0.717) is 12.6 Å². The minimum atomic E-state index is -0.645. The Morgan fingerprint density at radius 3 is 2.67 bits per heavy atom. The summed E-state index contributed by atoms with van der Waals surface area (Å²) in [5.74, 6) is 0.866. The van der Waals surface area contributed by atoms with Crippen molar-refractivity contribution < 1.29 is 9.84 Å². The maximum absolute atomic E-state index is 10.5. The number of rotatable bonds is 6. The largest absolute Gasteiger partial charge is 0.490 e. The number of halogens is 1. The van der Waals surface area contributed by atoms with E-state index in [2.05, 4.69) is 41.2 Å². The fraction of sp³-hybridized carbons (Fsp3) is 0.647. The lowest BCUT2D eigenvalue weighted by Crippen LogP contribution is -2.38. The van der Waals surface area contributed by atoms with E-state index in [0.717, 1.165) is 48.0 Å². The molecule has 4 heteroatoms. The van der Waals surface area contributed by atoms with Gasteiger partial charge in [-0.25, -0.2) is 0 Å². The van der Waals surface area contributed by atoms with E-state index in [1.807, 2.05) is 12.1 Å². The maximum Gasteiger partial charge on any atom is 0.124 e. The fourth-order valence-corrected chi connectivity index (χ4v) is 3.12. The van der Waals surface area contributed by atoms with Crippen LogP contribution in [0.15, 0.2) is 22.7 Å². The zero-order chi connectivity index (χ0) is 15.3. The Bertz CT molecular complexity index is 456. The molecule has 0 aromatic heterocycles. The Balaban J connectivity index is 2.01. The Morgan fingerprint density at radius 2 is 2.00 bits per heavy atom. The molecule has 1 aromatic rings. The van der Waals surface area contributed by atoms with Gasteiger partial charge in [-0.2, -0.15) is 0 Å². The van der Waals surface area contributed by atoms with Crippen LogP contribution < -0.4 is 10.1 Å². The topological polar surface area (TPSA) is 41.5 Å². The Morgan fingerprint density at radius 1 is 1.29 bits per heavy atom. The lowest BCUT2D eigenvalue weighted by molar-refractivity contribution is -0.0341. The second-order valence-electron chi connectivity index (χ2n) is 6.36. The molecule has 1 aromatic carbocycles. The van der Waals surface area contributed by atoms with E-state index in [9.17, 15) is 5.11 Å². The van der Waals surface area contributed by atoms with Crippen LogP contribution in [0, 0.1) is 0 Å². The molecule has 1 fully saturated rings. The van der Waals surface area contributed by atoms with E-state index in [-0.39, 0.29) is 0 Å². The summed E-state index contributed by atoms with van der Waals surface area (Å²) in [6, 6.07) is 6.47. The van der Waals surface area contributed by atoms with Crippen molar-refractivity contribution in [2.45, 2.75) is 64.1 Å². The monoisotopic (exact) mass is 355 g/mol. The standard InChI is InChI=1S/C17H26BrNO2/c1-13(2)19-11-14-10-15(18)6-7-16(14)21-12-17(20)8-4-3-5-9-17/h6-7,10,13,19-20H,3-5,8-9,11-12H2,1-2H3. The maximum atomic E-state index is 10.5. The SMILES string of the molecule is CC(C)NCc1cc(Br)ccc1OCC1(O)CCCCC1. The Kier molecular flexibility index (Phi) is 6.08. The number of ether oxygens (including phenoxy) is 1. The van der Waals surface area contributed by atoms with Crippen molar-refractivity contribution in [3.05, 3.63) is 28.2 Å². The molecule has 0 unspecified atom stereocenters. The summed E-state index contributed by atoms with van der Waals surface area (Å²) in [6.07, 6.45) is 5.13. The number of aliphatic hydroxyl groups is 1. The van der Waals surface area contributed by atoms with Gasteiger partial charge in [0.2, 0.25) is 0 Å². The molecule has 0 heterocycles. The first-order chi connectivity index (χ1) is 9.98. The van der Waals surface area contributed by atoms with Crippen LogP contribution in [-0.2, 0) is 6.54 Å². The highest BCUT2D eigenvalue weighted by molar-refractivity contribution is 9.10. The molecule has 0 amide bonds. The third-order valence-corrected chi connectivity index (χ3v) is 4.50. The van der Waals surface area contributed by atoms with Crippen molar-refractivity contribution >= 4 is 15.9 Å². The van der Waals surface area contributed by atoms with Gasteiger partial charge in [0.15, 0.2) is 0 Å². The smallest absolute Gasteiger partial charge is 0.124 e. The summed E-state index contributed by atoms with van der Waals surface area (Å²) in [6.45, 7) is 5.42. The molecule has 0 spiro atoms. The third-order valence-electron chi connectivity index (χ3n) is 4.00. The third kappa shape index (κ3) is 5.28. The average molecular weight is 356 g/mol. The highest BCUT2D eigenvalue weighted by Gasteiger charge is 2.30. The molecule has 0 bridgehead atoms. The number of nitrogens with one attached hydrogen (secondary N) is 1. The van der Waals surface area contributed by atoms with Crippen molar-refractivity contribution in [2.24, 2.45) is 0 Å². The van der Waals surface area contributed by atoms with Gasteiger partial charge >= 0.3 is 0 Å². The van der Waals surface area contributed by atoms with E-state index >= 15 is 0 Å². The van der Waals surface area contributed by atoms with Crippen LogP contribution in [0.1, 0.15) is 51.5 Å². The molecule has 0 aliphatic heterocycles. The van der Waals surface area contributed by atoms with Crippen LogP contribution >= 0.6 is 15.9 Å². The van der Waals surface area contributed by atoms with Crippen LogP contribution in [0.25, 0.3) is 0 Å². The van der Waals surface area contributed by atoms with Crippen LogP contribution in [0.5, 0.6) is 5.75 Å². The van der Waals surface area contributed by atoms with Crippen molar-refractivity contribution in [3.63, 3.8) is 0 Å². The van der Waals surface area contributed by atoms with Crippen LogP contribution in [-0.4, -0.2) is 23.4 Å². The lowest BCUT2D eigenvalue weighted by atomic mass is 9.85.